The van der Waals surface area contributed by atoms with Gasteiger partial charge < -0.3 is 23.9 Å². The molecule has 4 heterocycles. The first-order valence-electron chi connectivity index (χ1n) is 11.8. The summed E-state index contributed by atoms with van der Waals surface area (Å²) in [6.07, 6.45) is 1.50. The first-order chi connectivity index (χ1) is 18.4. The Kier molecular flexibility index (Phi) is 7.98. The van der Waals surface area contributed by atoms with E-state index in [1.807, 2.05) is 5.38 Å². The number of hydrogen-bond donors (Lipinski definition) is 0. The van der Waals surface area contributed by atoms with Crippen LogP contribution in [0.1, 0.15) is 47.5 Å². The molecular weight excluding hydrogens is 583 g/mol. The van der Waals surface area contributed by atoms with Gasteiger partial charge in [-0.15, -0.1) is 26.3 Å². The van der Waals surface area contributed by atoms with Gasteiger partial charge >= 0.3 is 18.0 Å². The Morgan fingerprint density at radius 1 is 1.13 bits per heavy atom. The van der Waals surface area contributed by atoms with Gasteiger partial charge in [0.15, 0.2) is 12.7 Å². The maximum Gasteiger partial charge on any atom is 0.326 e. The van der Waals surface area contributed by atoms with Crippen molar-refractivity contribution in [1.29, 1.82) is 0 Å². The third-order valence-corrected chi connectivity index (χ3v) is 7.97. The molecular formula is C24H24BrFN6O5S. The molecule has 2 aromatic heterocycles. The second kappa shape index (κ2) is 11.6. The molecule has 1 aromatic carbocycles. The summed E-state index contributed by atoms with van der Waals surface area (Å²) in [5.74, 6) is -0.265. The van der Waals surface area contributed by atoms with Gasteiger partial charge in [0, 0.05) is 40.8 Å². The molecule has 1 saturated heterocycles. The fourth-order valence-electron chi connectivity index (χ4n) is 4.27. The molecule has 3 aromatic rings. The number of carbonyl (C=O) groups is 1. The van der Waals surface area contributed by atoms with Crippen LogP contribution in [0.25, 0.3) is 0 Å². The van der Waals surface area contributed by atoms with Crippen LogP contribution in [0.5, 0.6) is 18.0 Å². The molecule has 0 aliphatic carbocycles. The number of amides is 1. The summed E-state index contributed by atoms with van der Waals surface area (Å²) >= 11 is 4.96. The van der Waals surface area contributed by atoms with Crippen LogP contribution in [0.15, 0.2) is 33.2 Å². The first kappa shape index (κ1) is 26.2. The molecule has 14 heteroatoms. The van der Waals surface area contributed by atoms with Gasteiger partial charge in [0.05, 0.1) is 24.9 Å². The number of methoxy groups -OCH3 is 2. The van der Waals surface area contributed by atoms with Crippen LogP contribution in [0.4, 0.5) is 4.39 Å². The fraction of sp³-hybridized carbons (Fsp3) is 0.417. The average molecular weight is 607 g/mol. The Labute approximate surface area is 230 Å². The van der Waals surface area contributed by atoms with E-state index >= 15 is 0 Å². The zero-order chi connectivity index (χ0) is 26.6. The highest BCUT2D eigenvalue weighted by Gasteiger charge is 2.31. The van der Waals surface area contributed by atoms with Crippen LogP contribution >= 0.6 is 27.3 Å². The molecule has 38 heavy (non-hydrogen) atoms. The van der Waals surface area contributed by atoms with Gasteiger partial charge in [0.1, 0.15) is 11.5 Å². The molecule has 1 amide bonds. The highest BCUT2D eigenvalue weighted by atomic mass is 79.9. The van der Waals surface area contributed by atoms with Crippen molar-refractivity contribution < 1.29 is 28.2 Å². The number of rotatable bonds is 8. The van der Waals surface area contributed by atoms with Crippen LogP contribution in [-0.4, -0.2) is 70.4 Å². The summed E-state index contributed by atoms with van der Waals surface area (Å²) in [5.41, 5.74) is 1.90. The van der Waals surface area contributed by atoms with Gasteiger partial charge in [-0.05, 0) is 25.0 Å². The van der Waals surface area contributed by atoms with E-state index < -0.39 is 6.10 Å². The maximum absolute atomic E-state index is 14.3. The van der Waals surface area contributed by atoms with E-state index in [-0.39, 0.29) is 42.3 Å². The summed E-state index contributed by atoms with van der Waals surface area (Å²) < 4.78 is 30.4. The summed E-state index contributed by atoms with van der Waals surface area (Å²) in [6.45, 7) is 0.958. The lowest BCUT2D eigenvalue weighted by Gasteiger charge is -2.31. The van der Waals surface area contributed by atoms with Crippen LogP contribution in [0.3, 0.4) is 0 Å². The Bertz CT molecular complexity index is 1310. The first-order valence-corrected chi connectivity index (χ1v) is 13.5. The minimum Gasteiger partial charge on any atom is -0.467 e. The van der Waals surface area contributed by atoms with E-state index in [0.29, 0.717) is 35.3 Å². The predicted molar refractivity (Wildman–Crippen MR) is 138 cm³/mol. The molecule has 0 spiro atoms. The normalized spacial score (nSPS) is 17.6. The number of halogens is 2. The number of likely N-dealkylation sites (tertiary alicyclic amines) is 1. The molecule has 1 fully saturated rings. The molecule has 200 valence electrons. The lowest BCUT2D eigenvalue weighted by atomic mass is 9.97. The van der Waals surface area contributed by atoms with Gasteiger partial charge in [0.2, 0.25) is 0 Å². The minimum atomic E-state index is -0.498. The van der Waals surface area contributed by atoms with Crippen molar-refractivity contribution >= 4 is 38.9 Å². The minimum absolute atomic E-state index is 0.0358. The Morgan fingerprint density at radius 3 is 2.53 bits per heavy atom. The highest BCUT2D eigenvalue weighted by molar-refractivity contribution is 9.10. The third-order valence-electron chi connectivity index (χ3n) is 6.27. The Hall–Kier alpha value is -3.39. The molecule has 0 saturated carbocycles. The quantitative estimate of drug-likeness (QED) is 0.376. The zero-order valence-electron chi connectivity index (χ0n) is 20.6. The number of ether oxygens (including phenoxy) is 3. The van der Waals surface area contributed by atoms with Crippen molar-refractivity contribution in [3.63, 3.8) is 0 Å². The van der Waals surface area contributed by atoms with Gasteiger partial charge in [-0.3, -0.25) is 4.79 Å². The van der Waals surface area contributed by atoms with Crippen molar-refractivity contribution in [2.45, 2.75) is 31.3 Å². The number of oxime groups is 1. The summed E-state index contributed by atoms with van der Waals surface area (Å²) in [6, 6.07) is 4.86. The number of aromatic nitrogens is 4. The molecule has 1 unspecified atom stereocenters. The van der Waals surface area contributed by atoms with Crippen molar-refractivity contribution in [2.24, 2.45) is 5.16 Å². The number of thiazole rings is 1. The average Bonchev–Trinajstić information content (AvgIpc) is 3.62. The molecule has 2 aliphatic rings. The topological polar surface area (TPSA) is 121 Å². The van der Waals surface area contributed by atoms with Crippen molar-refractivity contribution in [1.82, 2.24) is 24.8 Å². The number of benzene rings is 1. The zero-order valence-corrected chi connectivity index (χ0v) is 23.0. The van der Waals surface area contributed by atoms with Gasteiger partial charge in [0.25, 0.3) is 5.91 Å². The van der Waals surface area contributed by atoms with E-state index in [1.54, 1.807) is 28.4 Å². The monoisotopic (exact) mass is 606 g/mol. The number of piperidine rings is 1. The fourth-order valence-corrected chi connectivity index (χ4v) is 5.87. The van der Waals surface area contributed by atoms with Crippen LogP contribution in [0.2, 0.25) is 0 Å². The SMILES string of the molecule is COc1nc(OC)nc(OCC(=O)N2CCC(c3nc(C4=NOC(c5c(F)cccc5Br)C4)cs3)CC2)n1. The molecule has 0 N–H and O–H groups in total. The molecule has 0 bridgehead atoms. The van der Waals surface area contributed by atoms with E-state index in [1.165, 1.54) is 20.3 Å². The van der Waals surface area contributed by atoms with Crippen molar-refractivity contribution in [3.8, 4) is 18.0 Å². The van der Waals surface area contributed by atoms with Crippen molar-refractivity contribution in [3.05, 3.63) is 50.1 Å². The summed E-state index contributed by atoms with van der Waals surface area (Å²) in [7, 11) is 2.83. The molecule has 2 aliphatic heterocycles. The lowest BCUT2D eigenvalue weighted by Crippen LogP contribution is -2.40. The second-order valence-corrected chi connectivity index (χ2v) is 10.3. The van der Waals surface area contributed by atoms with Crippen molar-refractivity contribution in [2.75, 3.05) is 33.9 Å². The maximum atomic E-state index is 14.3. The summed E-state index contributed by atoms with van der Waals surface area (Å²) in [4.78, 5) is 36.6. The molecule has 5 rings (SSSR count). The Morgan fingerprint density at radius 2 is 1.84 bits per heavy atom. The second-order valence-electron chi connectivity index (χ2n) is 8.58. The Balaban J connectivity index is 1.13. The molecule has 1 atom stereocenters. The van der Waals surface area contributed by atoms with Crippen LogP contribution in [-0.2, 0) is 9.63 Å². The van der Waals surface area contributed by atoms with Gasteiger partial charge in [-0.25, -0.2) is 9.37 Å². The number of nitrogens with zero attached hydrogens (tertiary/aromatic N) is 6. The lowest BCUT2D eigenvalue weighted by molar-refractivity contribution is -0.134. The van der Waals surface area contributed by atoms with E-state index in [2.05, 4.69) is 36.0 Å². The molecule has 11 nitrogen and oxygen atoms in total. The highest BCUT2D eigenvalue weighted by Crippen LogP contribution is 2.37. The van der Waals surface area contributed by atoms with Gasteiger partial charge in [-0.1, -0.05) is 27.2 Å². The summed E-state index contributed by atoms with van der Waals surface area (Å²) in [5, 5.41) is 7.13. The standard InChI is InChI=1S/C24H24BrFN6O5S/c1-34-22-28-23(35-2)30-24(29-22)36-11-19(33)32-8-6-13(7-9-32)21-27-17(12-38-21)16-10-18(37-31-16)20-14(25)4-3-5-15(20)26/h3-5,12-13,18H,6-11H2,1-2H3. The van der Waals surface area contributed by atoms with E-state index in [9.17, 15) is 9.18 Å². The van der Waals surface area contributed by atoms with E-state index in [4.69, 9.17) is 24.0 Å². The predicted octanol–water partition coefficient (Wildman–Crippen LogP) is 3.90. The number of hydrogen-bond acceptors (Lipinski definition) is 11. The third kappa shape index (κ3) is 5.70. The van der Waals surface area contributed by atoms with E-state index in [0.717, 1.165) is 23.5 Å². The smallest absolute Gasteiger partial charge is 0.326 e. The van der Waals surface area contributed by atoms with Crippen LogP contribution < -0.4 is 14.2 Å². The molecule has 0 radical (unpaired) electrons. The number of carbonyl (C=O) groups excluding carboxylic acids is 1. The van der Waals surface area contributed by atoms with Crippen LogP contribution in [0, 0.1) is 5.82 Å². The van der Waals surface area contributed by atoms with Gasteiger partial charge in [-0.2, -0.15) is 0 Å². The largest absolute Gasteiger partial charge is 0.467 e.